The molecule has 0 fully saturated rings. The number of nitrogens with zero attached hydrogens (tertiary/aromatic N) is 2. The predicted molar refractivity (Wildman–Crippen MR) is 68.6 cm³/mol. The van der Waals surface area contributed by atoms with E-state index < -0.39 is 0 Å². The fourth-order valence-corrected chi connectivity index (χ4v) is 1.95. The Morgan fingerprint density at radius 1 is 1.11 bits per heavy atom. The Morgan fingerprint density at radius 2 is 1.94 bits per heavy atom. The van der Waals surface area contributed by atoms with Gasteiger partial charge in [-0.1, -0.05) is 12.1 Å². The minimum absolute atomic E-state index is 0.0510. The van der Waals surface area contributed by atoms with Crippen molar-refractivity contribution in [2.45, 2.75) is 0 Å². The minimum Gasteiger partial charge on any atom is -0.507 e. The smallest absolute Gasteiger partial charge is 0.268 e. The van der Waals surface area contributed by atoms with Crippen molar-refractivity contribution in [3.8, 4) is 17.0 Å². The van der Waals surface area contributed by atoms with Crippen molar-refractivity contribution in [3.63, 3.8) is 0 Å². The van der Waals surface area contributed by atoms with Crippen LogP contribution in [0.25, 0.3) is 16.8 Å². The molecule has 0 spiro atoms. The molecule has 0 aliphatic carbocycles. The van der Waals surface area contributed by atoms with Crippen molar-refractivity contribution in [1.29, 1.82) is 0 Å². The Morgan fingerprint density at radius 3 is 2.72 bits per heavy atom. The lowest BCUT2D eigenvalue weighted by Crippen LogP contribution is -2.15. The Bertz CT molecular complexity index is 764. The molecule has 18 heavy (non-hydrogen) atoms. The van der Waals surface area contributed by atoms with Crippen LogP contribution in [0.4, 0.5) is 0 Å². The highest BCUT2D eigenvalue weighted by molar-refractivity contribution is 5.69. The molecule has 0 unspecified atom stereocenters. The van der Waals surface area contributed by atoms with Crippen LogP contribution >= 0.6 is 0 Å². The van der Waals surface area contributed by atoms with Crippen LogP contribution in [-0.4, -0.2) is 14.5 Å². The van der Waals surface area contributed by atoms with Crippen LogP contribution in [0.2, 0.25) is 0 Å². The van der Waals surface area contributed by atoms with Crippen LogP contribution in [0, 0.1) is 0 Å². The third-order valence-corrected chi connectivity index (χ3v) is 2.79. The van der Waals surface area contributed by atoms with Gasteiger partial charge < -0.3 is 5.11 Å². The summed E-state index contributed by atoms with van der Waals surface area (Å²) in [5, 5.41) is 9.99. The number of hydrogen-bond donors (Lipinski definition) is 1. The Kier molecular flexibility index (Phi) is 2.34. The molecule has 0 atom stereocenters. The topological polar surface area (TPSA) is 54.6 Å². The van der Waals surface area contributed by atoms with Crippen molar-refractivity contribution >= 4 is 5.52 Å². The predicted octanol–water partition coefficient (Wildman–Crippen LogP) is 2.07. The maximum absolute atomic E-state index is 12.3. The van der Waals surface area contributed by atoms with E-state index in [1.54, 1.807) is 48.8 Å². The second-order valence-corrected chi connectivity index (χ2v) is 3.92. The average molecular weight is 238 g/mol. The van der Waals surface area contributed by atoms with Crippen LogP contribution in [0.5, 0.6) is 5.75 Å². The summed E-state index contributed by atoms with van der Waals surface area (Å²) < 4.78 is 1.49. The van der Waals surface area contributed by atoms with Crippen molar-refractivity contribution in [2.75, 3.05) is 0 Å². The molecule has 3 aromatic heterocycles. The molecule has 0 saturated carbocycles. The molecule has 4 heteroatoms. The Balaban J connectivity index is 2.41. The van der Waals surface area contributed by atoms with E-state index in [9.17, 15) is 9.90 Å². The molecule has 88 valence electrons. The molecule has 4 nitrogen and oxygen atoms in total. The van der Waals surface area contributed by atoms with E-state index in [1.807, 2.05) is 6.07 Å². The molecule has 0 aliphatic heterocycles. The van der Waals surface area contributed by atoms with Crippen LogP contribution in [0.3, 0.4) is 0 Å². The van der Waals surface area contributed by atoms with Gasteiger partial charge in [-0.3, -0.25) is 14.2 Å². The monoisotopic (exact) mass is 238 g/mol. The molecule has 0 aromatic carbocycles. The van der Waals surface area contributed by atoms with Gasteiger partial charge in [-0.25, -0.2) is 0 Å². The zero-order valence-electron chi connectivity index (χ0n) is 9.45. The van der Waals surface area contributed by atoms with Crippen LogP contribution in [0.1, 0.15) is 0 Å². The highest BCUT2D eigenvalue weighted by atomic mass is 16.3. The van der Waals surface area contributed by atoms with Gasteiger partial charge >= 0.3 is 0 Å². The summed E-state index contributed by atoms with van der Waals surface area (Å²) in [6.45, 7) is 0. The number of hydrogen-bond acceptors (Lipinski definition) is 3. The van der Waals surface area contributed by atoms with Crippen LogP contribution in [0.15, 0.2) is 59.7 Å². The minimum atomic E-state index is -0.274. The van der Waals surface area contributed by atoms with E-state index >= 15 is 0 Å². The maximum Gasteiger partial charge on any atom is 0.268 e. The van der Waals surface area contributed by atoms with Gasteiger partial charge in [0, 0.05) is 18.5 Å². The molecule has 0 saturated heterocycles. The van der Waals surface area contributed by atoms with Crippen molar-refractivity contribution in [2.24, 2.45) is 0 Å². The van der Waals surface area contributed by atoms with Crippen LogP contribution in [-0.2, 0) is 0 Å². The van der Waals surface area contributed by atoms with Crippen molar-refractivity contribution in [3.05, 3.63) is 65.2 Å². The average Bonchev–Trinajstić information content (AvgIpc) is 2.40. The summed E-state index contributed by atoms with van der Waals surface area (Å²) in [5.74, 6) is -0.0510. The number of fused-ring (bicyclic) bond motifs is 1. The zero-order chi connectivity index (χ0) is 12.5. The van der Waals surface area contributed by atoms with E-state index in [1.165, 1.54) is 4.40 Å². The number of aromatic nitrogens is 2. The first-order valence-electron chi connectivity index (χ1n) is 5.52. The lowest BCUT2D eigenvalue weighted by molar-refractivity contribution is 0.476. The Labute approximate surface area is 103 Å². The van der Waals surface area contributed by atoms with E-state index in [4.69, 9.17) is 0 Å². The van der Waals surface area contributed by atoms with E-state index in [2.05, 4.69) is 4.98 Å². The normalized spacial score (nSPS) is 10.7. The Hall–Kier alpha value is -2.62. The summed E-state index contributed by atoms with van der Waals surface area (Å²) in [6, 6.07) is 12.2. The van der Waals surface area contributed by atoms with E-state index in [0.717, 1.165) is 0 Å². The first-order chi connectivity index (χ1) is 8.77. The zero-order valence-corrected chi connectivity index (χ0v) is 9.45. The molecule has 1 N–H and O–H groups in total. The number of aromatic hydroxyl groups is 1. The first kappa shape index (κ1) is 10.5. The molecular formula is C14H10N2O2. The van der Waals surface area contributed by atoms with Gasteiger partial charge in [0.25, 0.3) is 5.56 Å². The van der Waals surface area contributed by atoms with Crippen LogP contribution < -0.4 is 5.56 Å². The highest BCUT2D eigenvalue weighted by Crippen LogP contribution is 2.24. The fraction of sp³-hybridized carbons (Fsp3) is 0. The van der Waals surface area contributed by atoms with E-state index in [0.29, 0.717) is 11.2 Å². The van der Waals surface area contributed by atoms with Gasteiger partial charge in [0.15, 0.2) is 0 Å². The SMILES string of the molecule is O=c1c(-c2ccccn2)c(O)cc2ccccn12. The molecule has 0 bridgehead atoms. The number of pyridine rings is 3. The van der Waals surface area contributed by atoms with Gasteiger partial charge in [-0.15, -0.1) is 0 Å². The van der Waals surface area contributed by atoms with Gasteiger partial charge in [0.1, 0.15) is 11.3 Å². The highest BCUT2D eigenvalue weighted by Gasteiger charge is 2.12. The summed E-state index contributed by atoms with van der Waals surface area (Å²) in [4.78, 5) is 16.4. The largest absolute Gasteiger partial charge is 0.507 e. The molecule has 0 radical (unpaired) electrons. The second kappa shape index (κ2) is 4.00. The third kappa shape index (κ3) is 1.55. The fourth-order valence-electron chi connectivity index (χ4n) is 1.95. The van der Waals surface area contributed by atoms with Gasteiger partial charge in [-0.05, 0) is 24.3 Å². The lowest BCUT2D eigenvalue weighted by Gasteiger charge is -2.06. The number of rotatable bonds is 1. The molecule has 3 aromatic rings. The third-order valence-electron chi connectivity index (χ3n) is 2.79. The summed E-state index contributed by atoms with van der Waals surface area (Å²) >= 11 is 0. The summed E-state index contributed by atoms with van der Waals surface area (Å²) in [5.41, 5.74) is 1.07. The molecule has 3 rings (SSSR count). The summed E-state index contributed by atoms with van der Waals surface area (Å²) in [7, 11) is 0. The lowest BCUT2D eigenvalue weighted by atomic mass is 10.1. The van der Waals surface area contributed by atoms with Gasteiger partial charge in [0.2, 0.25) is 0 Å². The first-order valence-corrected chi connectivity index (χ1v) is 5.52. The molecule has 3 heterocycles. The maximum atomic E-state index is 12.3. The van der Waals surface area contributed by atoms with Gasteiger partial charge in [0.05, 0.1) is 11.2 Å². The second-order valence-electron chi connectivity index (χ2n) is 3.92. The molecular weight excluding hydrogens is 228 g/mol. The van der Waals surface area contributed by atoms with Crippen molar-refractivity contribution < 1.29 is 5.11 Å². The molecule has 0 aliphatic rings. The van der Waals surface area contributed by atoms with Crippen molar-refractivity contribution in [1.82, 2.24) is 9.38 Å². The standard InChI is InChI=1S/C14H10N2O2/c17-12-9-10-5-2-4-8-16(10)14(18)13(12)11-6-1-3-7-15-11/h1-9,17H. The molecule has 0 amide bonds. The summed E-state index contributed by atoms with van der Waals surface area (Å²) in [6.07, 6.45) is 3.26. The van der Waals surface area contributed by atoms with Gasteiger partial charge in [-0.2, -0.15) is 0 Å². The van der Waals surface area contributed by atoms with E-state index in [-0.39, 0.29) is 16.9 Å². The quantitative estimate of drug-likeness (QED) is 0.706.